The number of hydrogen-bond donors (Lipinski definition) is 0. The number of aromatic nitrogens is 1. The quantitative estimate of drug-likeness (QED) is 0.240. The number of nitro benzene ring substituents is 1. The van der Waals surface area contributed by atoms with Crippen molar-refractivity contribution in [3.8, 4) is 0 Å². The molecule has 0 atom stereocenters. The first kappa shape index (κ1) is 20.5. The van der Waals surface area contributed by atoms with Crippen molar-refractivity contribution >= 4 is 28.8 Å². The minimum absolute atomic E-state index is 0.145. The van der Waals surface area contributed by atoms with Gasteiger partial charge in [-0.05, 0) is 31.4 Å². The van der Waals surface area contributed by atoms with Crippen LogP contribution in [-0.2, 0) is 22.5 Å². The molecule has 0 radical (unpaired) electrons. The Kier molecular flexibility index (Phi) is 6.23. The lowest BCUT2D eigenvalue weighted by atomic mass is 10.1. The van der Waals surface area contributed by atoms with E-state index < -0.39 is 17.5 Å². The zero-order valence-electron chi connectivity index (χ0n) is 16.1. The van der Waals surface area contributed by atoms with Gasteiger partial charge in [-0.25, -0.2) is 0 Å². The summed E-state index contributed by atoms with van der Waals surface area (Å²) in [5, 5.41) is 13.0. The minimum atomic E-state index is -0.681. The van der Waals surface area contributed by atoms with Crippen LogP contribution in [0.3, 0.4) is 0 Å². The molecule has 0 saturated carbocycles. The molecule has 2 aromatic heterocycles. The van der Waals surface area contributed by atoms with Crippen LogP contribution in [0.2, 0.25) is 0 Å². The van der Waals surface area contributed by atoms with Gasteiger partial charge in [0.05, 0.1) is 17.9 Å². The third-order valence-corrected chi connectivity index (χ3v) is 5.52. The average Bonchev–Trinajstić information content (AvgIpc) is 3.30. The van der Waals surface area contributed by atoms with E-state index in [0.29, 0.717) is 12.1 Å². The van der Waals surface area contributed by atoms with Gasteiger partial charge in [0.25, 0.3) is 5.69 Å². The van der Waals surface area contributed by atoms with Crippen LogP contribution in [-0.4, -0.2) is 27.8 Å². The first-order valence-corrected chi connectivity index (χ1v) is 9.85. The minimum Gasteiger partial charge on any atom is -0.457 e. The molecule has 29 heavy (non-hydrogen) atoms. The molecule has 0 aliphatic rings. The highest BCUT2D eigenvalue weighted by Crippen LogP contribution is 2.21. The van der Waals surface area contributed by atoms with Gasteiger partial charge >= 0.3 is 5.97 Å². The fourth-order valence-electron chi connectivity index (χ4n) is 3.15. The lowest BCUT2D eigenvalue weighted by Gasteiger charge is -2.08. The molecule has 2 heterocycles. The van der Waals surface area contributed by atoms with Crippen molar-refractivity contribution in [2.75, 3.05) is 6.61 Å². The van der Waals surface area contributed by atoms with Crippen LogP contribution in [0.4, 0.5) is 5.69 Å². The fraction of sp³-hybridized carbons (Fsp3) is 0.238. The molecule has 0 amide bonds. The second-order valence-electron chi connectivity index (χ2n) is 6.60. The molecule has 0 fully saturated rings. The molecule has 150 valence electrons. The first-order valence-electron chi connectivity index (χ1n) is 8.97. The number of carbonyl (C=O) groups is 2. The number of Topliss-reactive ketones (excluding diaryl/α,β-unsaturated/α-hetero) is 1. The molecule has 0 N–H and O–H groups in total. The maximum absolute atomic E-state index is 12.6. The fourth-order valence-corrected chi connectivity index (χ4v) is 3.85. The van der Waals surface area contributed by atoms with Crippen LogP contribution in [0.15, 0.2) is 47.8 Å². The largest absolute Gasteiger partial charge is 0.457 e. The Morgan fingerprint density at radius 1 is 1.17 bits per heavy atom. The third kappa shape index (κ3) is 4.78. The second kappa shape index (κ2) is 8.83. The topological polar surface area (TPSA) is 91.4 Å². The highest BCUT2D eigenvalue weighted by atomic mass is 32.1. The molecule has 0 unspecified atom stereocenters. The number of para-hydroxylation sites is 1. The Morgan fingerprint density at radius 3 is 2.62 bits per heavy atom. The van der Waals surface area contributed by atoms with E-state index in [1.54, 1.807) is 23.5 Å². The maximum Gasteiger partial charge on any atom is 0.310 e. The van der Waals surface area contributed by atoms with Gasteiger partial charge in [-0.1, -0.05) is 24.3 Å². The number of ketones is 1. The summed E-state index contributed by atoms with van der Waals surface area (Å²) in [4.78, 5) is 36.3. The van der Waals surface area contributed by atoms with Gasteiger partial charge < -0.3 is 9.30 Å². The summed E-state index contributed by atoms with van der Waals surface area (Å²) in [5.74, 6) is -0.980. The van der Waals surface area contributed by atoms with E-state index in [2.05, 4.69) is 0 Å². The van der Waals surface area contributed by atoms with Crippen molar-refractivity contribution in [2.45, 2.75) is 26.8 Å². The van der Waals surface area contributed by atoms with Gasteiger partial charge in [0, 0.05) is 33.5 Å². The van der Waals surface area contributed by atoms with E-state index >= 15 is 0 Å². The summed E-state index contributed by atoms with van der Waals surface area (Å²) in [7, 11) is 0. The molecular weight excluding hydrogens is 392 g/mol. The Hall–Kier alpha value is -3.26. The Labute approximate surface area is 171 Å². The Bertz CT molecular complexity index is 1050. The van der Waals surface area contributed by atoms with E-state index in [-0.39, 0.29) is 23.5 Å². The highest BCUT2D eigenvalue weighted by Gasteiger charge is 2.20. The van der Waals surface area contributed by atoms with Gasteiger partial charge in [-0.3, -0.25) is 19.7 Å². The molecule has 1 aromatic carbocycles. The number of benzene rings is 1. The van der Waals surface area contributed by atoms with Crippen LogP contribution in [0.25, 0.3) is 0 Å². The molecule has 3 rings (SSSR count). The number of carbonyl (C=O) groups excluding carboxylic acids is 2. The Balaban J connectivity index is 1.64. The van der Waals surface area contributed by atoms with Crippen LogP contribution < -0.4 is 0 Å². The molecule has 3 aromatic rings. The molecule has 0 bridgehead atoms. The van der Waals surface area contributed by atoms with Gasteiger partial charge in [-0.15, -0.1) is 11.3 Å². The van der Waals surface area contributed by atoms with Crippen molar-refractivity contribution in [2.24, 2.45) is 0 Å². The zero-order valence-corrected chi connectivity index (χ0v) is 16.9. The van der Waals surface area contributed by atoms with E-state index in [4.69, 9.17) is 4.74 Å². The third-order valence-electron chi connectivity index (χ3n) is 4.66. The lowest BCUT2D eigenvalue weighted by Crippen LogP contribution is -2.17. The number of esters is 1. The van der Waals surface area contributed by atoms with E-state index in [0.717, 1.165) is 11.4 Å². The molecule has 8 heteroatoms. The van der Waals surface area contributed by atoms with Crippen molar-refractivity contribution in [1.82, 2.24) is 4.57 Å². The number of hydrogen-bond acceptors (Lipinski definition) is 6. The van der Waals surface area contributed by atoms with Crippen molar-refractivity contribution in [1.29, 1.82) is 0 Å². The van der Waals surface area contributed by atoms with Gasteiger partial charge in [-0.2, -0.15) is 0 Å². The summed E-state index contributed by atoms with van der Waals surface area (Å²) in [5.41, 5.74) is 2.38. The van der Waals surface area contributed by atoms with Gasteiger partial charge in [0.15, 0.2) is 6.61 Å². The summed E-state index contributed by atoms with van der Waals surface area (Å²) in [6, 6.07) is 11.8. The predicted molar refractivity (Wildman–Crippen MR) is 109 cm³/mol. The number of nitrogens with zero attached hydrogens (tertiary/aromatic N) is 2. The van der Waals surface area contributed by atoms with Crippen molar-refractivity contribution in [3.63, 3.8) is 0 Å². The van der Waals surface area contributed by atoms with Crippen LogP contribution in [0, 0.1) is 24.0 Å². The number of nitro groups is 1. The van der Waals surface area contributed by atoms with Crippen LogP contribution >= 0.6 is 11.3 Å². The van der Waals surface area contributed by atoms with Crippen LogP contribution in [0.5, 0.6) is 0 Å². The summed E-state index contributed by atoms with van der Waals surface area (Å²) in [6.45, 7) is 4.07. The summed E-state index contributed by atoms with van der Waals surface area (Å²) < 4.78 is 7.14. The normalized spacial score (nSPS) is 10.7. The average molecular weight is 412 g/mol. The smallest absolute Gasteiger partial charge is 0.310 e. The first-order chi connectivity index (χ1) is 13.9. The second-order valence-corrected chi connectivity index (χ2v) is 7.63. The van der Waals surface area contributed by atoms with E-state index in [9.17, 15) is 19.7 Å². The monoisotopic (exact) mass is 412 g/mol. The number of ether oxygens (including phenoxy) is 1. The zero-order chi connectivity index (χ0) is 21.0. The van der Waals surface area contributed by atoms with Crippen molar-refractivity contribution in [3.05, 3.63) is 85.4 Å². The Morgan fingerprint density at radius 2 is 1.93 bits per heavy atom. The summed E-state index contributed by atoms with van der Waals surface area (Å²) >= 11 is 1.65. The SMILES string of the molecule is Cc1cc(C(=O)COC(=O)Cc2ccccc2[N+](=O)[O-])c(C)n1Cc1cccs1. The van der Waals surface area contributed by atoms with E-state index in [1.165, 1.54) is 23.1 Å². The molecule has 0 saturated heterocycles. The highest BCUT2D eigenvalue weighted by molar-refractivity contribution is 7.09. The van der Waals surface area contributed by atoms with Gasteiger partial charge in [0.1, 0.15) is 0 Å². The predicted octanol–water partition coefficient (Wildman–Crippen LogP) is 4.09. The summed E-state index contributed by atoms with van der Waals surface area (Å²) in [6.07, 6.45) is -0.262. The molecule has 0 spiro atoms. The molecule has 0 aliphatic heterocycles. The van der Waals surface area contributed by atoms with E-state index in [1.807, 2.05) is 35.9 Å². The van der Waals surface area contributed by atoms with Crippen molar-refractivity contribution < 1.29 is 19.2 Å². The lowest BCUT2D eigenvalue weighted by molar-refractivity contribution is -0.385. The molecular formula is C21H20N2O5S. The molecule has 0 aliphatic carbocycles. The number of aryl methyl sites for hydroxylation is 1. The number of thiophene rings is 1. The van der Waals surface area contributed by atoms with Crippen LogP contribution in [0.1, 0.15) is 32.2 Å². The molecule has 7 nitrogen and oxygen atoms in total. The van der Waals surface area contributed by atoms with Gasteiger partial charge in [0.2, 0.25) is 5.78 Å². The maximum atomic E-state index is 12.6. The number of rotatable bonds is 8. The standard InChI is InChI=1S/C21H20N2O5S/c1-14-10-18(15(2)22(14)12-17-7-5-9-29-17)20(24)13-28-21(25)11-16-6-3-4-8-19(16)23(26)27/h3-10H,11-13H2,1-2H3.